The van der Waals surface area contributed by atoms with Crippen LogP contribution in [0.3, 0.4) is 0 Å². The van der Waals surface area contributed by atoms with Crippen LogP contribution in [0.2, 0.25) is 0 Å². The van der Waals surface area contributed by atoms with Crippen molar-refractivity contribution < 1.29 is 5.11 Å². The van der Waals surface area contributed by atoms with E-state index in [0.717, 1.165) is 6.42 Å². The highest BCUT2D eigenvalue weighted by atomic mass is 16.3. The van der Waals surface area contributed by atoms with E-state index in [1.54, 1.807) is 0 Å². The molecule has 0 aromatic heterocycles. The lowest BCUT2D eigenvalue weighted by molar-refractivity contribution is 0.159. The maximum Gasteiger partial charge on any atom is 0.0611 e. The molecule has 0 aromatic rings. The van der Waals surface area contributed by atoms with Gasteiger partial charge in [-0.15, -0.1) is 0 Å². The molecular weight excluding hydrogens is 114 g/mol. The predicted molar refractivity (Wildman–Crippen MR) is 39.1 cm³/mol. The molecule has 0 saturated heterocycles. The number of aliphatic hydroxyl groups excluding tert-OH is 1. The van der Waals surface area contributed by atoms with E-state index in [-0.39, 0.29) is 6.61 Å². The van der Waals surface area contributed by atoms with Gasteiger partial charge in [-0.3, -0.25) is 0 Å². The molecule has 0 saturated carbocycles. The molecule has 9 heavy (non-hydrogen) atoms. The van der Waals surface area contributed by atoms with Crippen LogP contribution in [-0.4, -0.2) is 17.3 Å². The molecule has 0 heterocycles. The molecule has 0 fully saturated rings. The Bertz CT molecular complexity index is 81.0. The van der Waals surface area contributed by atoms with Gasteiger partial charge in [-0.2, -0.15) is 0 Å². The van der Waals surface area contributed by atoms with Gasteiger partial charge in [0.05, 0.1) is 6.61 Å². The smallest absolute Gasteiger partial charge is 0.0611 e. The third-order valence-electron chi connectivity index (χ3n) is 2.08. The first-order valence-electron chi connectivity index (χ1n) is 3.44. The molecule has 3 N–H and O–H groups in total. The minimum Gasteiger partial charge on any atom is -0.394 e. The first-order chi connectivity index (χ1) is 4.04. The zero-order valence-electron chi connectivity index (χ0n) is 6.52. The van der Waals surface area contributed by atoms with Crippen LogP contribution in [0.1, 0.15) is 27.2 Å². The largest absolute Gasteiger partial charge is 0.394 e. The highest BCUT2D eigenvalue weighted by Gasteiger charge is 2.23. The van der Waals surface area contributed by atoms with Crippen molar-refractivity contribution in [3.8, 4) is 0 Å². The van der Waals surface area contributed by atoms with Gasteiger partial charge in [0.25, 0.3) is 0 Å². The third kappa shape index (κ3) is 2.33. The second-order valence-corrected chi connectivity index (χ2v) is 2.97. The van der Waals surface area contributed by atoms with Crippen LogP contribution in [0.15, 0.2) is 0 Å². The van der Waals surface area contributed by atoms with E-state index >= 15 is 0 Å². The van der Waals surface area contributed by atoms with E-state index in [4.69, 9.17) is 10.8 Å². The number of rotatable bonds is 3. The van der Waals surface area contributed by atoms with Crippen molar-refractivity contribution >= 4 is 0 Å². The zero-order valence-corrected chi connectivity index (χ0v) is 6.52. The quantitative estimate of drug-likeness (QED) is 0.593. The summed E-state index contributed by atoms with van der Waals surface area (Å²) in [6.07, 6.45) is 1.02. The Labute approximate surface area is 57.1 Å². The summed E-state index contributed by atoms with van der Waals surface area (Å²) < 4.78 is 0. The van der Waals surface area contributed by atoms with Crippen molar-refractivity contribution in [2.75, 3.05) is 6.61 Å². The van der Waals surface area contributed by atoms with Crippen LogP contribution in [0, 0.1) is 5.92 Å². The third-order valence-corrected chi connectivity index (χ3v) is 2.08. The second-order valence-electron chi connectivity index (χ2n) is 2.97. The SMILES string of the molecule is CCC(C)C(C)(N)CO. The van der Waals surface area contributed by atoms with E-state index in [0.29, 0.717) is 5.92 Å². The topological polar surface area (TPSA) is 46.2 Å². The van der Waals surface area contributed by atoms with E-state index in [9.17, 15) is 0 Å². The Hall–Kier alpha value is -0.0800. The van der Waals surface area contributed by atoms with E-state index < -0.39 is 5.54 Å². The fourth-order valence-electron chi connectivity index (χ4n) is 0.622. The summed E-state index contributed by atoms with van der Waals surface area (Å²) in [6.45, 7) is 6.07. The summed E-state index contributed by atoms with van der Waals surface area (Å²) in [5.41, 5.74) is 5.33. The van der Waals surface area contributed by atoms with Gasteiger partial charge in [0.1, 0.15) is 0 Å². The Balaban J connectivity index is 3.80. The van der Waals surface area contributed by atoms with Gasteiger partial charge in [-0.25, -0.2) is 0 Å². The Morgan fingerprint density at radius 3 is 2.22 bits per heavy atom. The lowest BCUT2D eigenvalue weighted by Gasteiger charge is -2.28. The first-order valence-corrected chi connectivity index (χ1v) is 3.44. The fraction of sp³-hybridized carbons (Fsp3) is 1.00. The van der Waals surface area contributed by atoms with Gasteiger partial charge in [-0.1, -0.05) is 20.3 Å². The molecule has 0 aliphatic heterocycles. The minimum atomic E-state index is -0.394. The number of hydrogen-bond acceptors (Lipinski definition) is 2. The molecule has 2 heteroatoms. The van der Waals surface area contributed by atoms with Crippen molar-refractivity contribution in [3.05, 3.63) is 0 Å². The molecule has 0 radical (unpaired) electrons. The Kier molecular flexibility index (Phi) is 3.15. The van der Waals surface area contributed by atoms with Crippen LogP contribution in [-0.2, 0) is 0 Å². The molecular formula is C7H17NO. The summed E-state index contributed by atoms with van der Waals surface area (Å²) in [4.78, 5) is 0. The van der Waals surface area contributed by atoms with Gasteiger partial charge in [0.15, 0.2) is 0 Å². The van der Waals surface area contributed by atoms with Crippen LogP contribution in [0.25, 0.3) is 0 Å². The van der Waals surface area contributed by atoms with Gasteiger partial charge < -0.3 is 10.8 Å². The molecule has 56 valence electrons. The van der Waals surface area contributed by atoms with Crippen molar-refractivity contribution in [2.24, 2.45) is 11.7 Å². The van der Waals surface area contributed by atoms with E-state index in [1.807, 2.05) is 6.92 Å². The molecule has 0 aromatic carbocycles. The van der Waals surface area contributed by atoms with Crippen molar-refractivity contribution in [1.82, 2.24) is 0 Å². The Morgan fingerprint density at radius 1 is 1.67 bits per heavy atom. The summed E-state index contributed by atoms with van der Waals surface area (Å²) in [5, 5.41) is 8.77. The lowest BCUT2D eigenvalue weighted by atomic mass is 9.87. The lowest BCUT2D eigenvalue weighted by Crippen LogP contribution is -2.46. The molecule has 0 rings (SSSR count). The summed E-state index contributed by atoms with van der Waals surface area (Å²) >= 11 is 0. The Morgan fingerprint density at radius 2 is 2.11 bits per heavy atom. The number of aliphatic hydroxyl groups is 1. The maximum absolute atomic E-state index is 8.77. The molecule has 0 spiro atoms. The molecule has 2 unspecified atom stereocenters. The number of hydrogen-bond donors (Lipinski definition) is 2. The fourth-order valence-corrected chi connectivity index (χ4v) is 0.622. The van der Waals surface area contributed by atoms with E-state index in [2.05, 4.69) is 13.8 Å². The summed E-state index contributed by atoms with van der Waals surface area (Å²) in [5.74, 6) is 0.391. The standard InChI is InChI=1S/C7H17NO/c1-4-6(2)7(3,8)5-9/h6,9H,4-5,8H2,1-3H3. The van der Waals surface area contributed by atoms with Gasteiger partial charge in [0.2, 0.25) is 0 Å². The average Bonchev–Trinajstić information content (AvgIpc) is 1.86. The van der Waals surface area contributed by atoms with Gasteiger partial charge >= 0.3 is 0 Å². The van der Waals surface area contributed by atoms with Crippen molar-refractivity contribution in [1.29, 1.82) is 0 Å². The van der Waals surface area contributed by atoms with Crippen LogP contribution >= 0.6 is 0 Å². The van der Waals surface area contributed by atoms with E-state index in [1.165, 1.54) is 0 Å². The van der Waals surface area contributed by atoms with Crippen LogP contribution < -0.4 is 5.73 Å². The van der Waals surface area contributed by atoms with Crippen molar-refractivity contribution in [2.45, 2.75) is 32.7 Å². The second kappa shape index (κ2) is 3.18. The van der Waals surface area contributed by atoms with Crippen LogP contribution in [0.5, 0.6) is 0 Å². The average molecular weight is 131 g/mol. The summed E-state index contributed by atoms with van der Waals surface area (Å²) in [7, 11) is 0. The monoisotopic (exact) mass is 131 g/mol. The molecule has 0 aliphatic carbocycles. The maximum atomic E-state index is 8.77. The molecule has 0 aliphatic rings. The van der Waals surface area contributed by atoms with Crippen molar-refractivity contribution in [3.63, 3.8) is 0 Å². The van der Waals surface area contributed by atoms with Gasteiger partial charge in [0, 0.05) is 5.54 Å². The first kappa shape index (κ1) is 8.92. The zero-order chi connectivity index (χ0) is 7.49. The normalized spacial score (nSPS) is 21.0. The number of nitrogens with two attached hydrogens (primary N) is 1. The predicted octanol–water partition coefficient (Wildman–Crippen LogP) is 0.742. The minimum absolute atomic E-state index is 0.0714. The highest BCUT2D eigenvalue weighted by molar-refractivity contribution is 4.82. The molecule has 0 amide bonds. The molecule has 0 bridgehead atoms. The summed E-state index contributed by atoms with van der Waals surface area (Å²) in [6, 6.07) is 0. The van der Waals surface area contributed by atoms with Gasteiger partial charge in [-0.05, 0) is 12.8 Å². The highest BCUT2D eigenvalue weighted by Crippen LogP contribution is 2.15. The van der Waals surface area contributed by atoms with Crippen LogP contribution in [0.4, 0.5) is 0 Å². The molecule has 2 nitrogen and oxygen atoms in total. The molecule has 2 atom stereocenters.